The Morgan fingerprint density at radius 2 is 1.63 bits per heavy atom. The number of benzene rings is 2. The molecule has 190 valence electrons. The highest BCUT2D eigenvalue weighted by Gasteiger charge is 2.28. The molecule has 35 heavy (non-hydrogen) atoms. The second kappa shape index (κ2) is 11.3. The fourth-order valence-corrected chi connectivity index (χ4v) is 6.35. The molecule has 1 atom stereocenters. The predicted molar refractivity (Wildman–Crippen MR) is 135 cm³/mol. The quantitative estimate of drug-likeness (QED) is 0.509. The summed E-state index contributed by atoms with van der Waals surface area (Å²) in [4.78, 5) is 26.1. The third-order valence-corrected chi connectivity index (χ3v) is 8.37. The molecular formula is C27H35FN2O4S. The average molecular weight is 503 g/mol. The van der Waals surface area contributed by atoms with E-state index in [4.69, 9.17) is 0 Å². The second-order valence-corrected chi connectivity index (χ2v) is 12.6. The molecule has 1 saturated carbocycles. The van der Waals surface area contributed by atoms with E-state index in [0.29, 0.717) is 18.0 Å². The van der Waals surface area contributed by atoms with E-state index < -0.39 is 33.5 Å². The van der Waals surface area contributed by atoms with Gasteiger partial charge in [0.15, 0.2) is 9.84 Å². The lowest BCUT2D eigenvalue weighted by Crippen LogP contribution is -2.45. The number of amides is 2. The first-order valence-corrected chi connectivity index (χ1v) is 13.8. The normalized spacial score (nSPS) is 15.9. The van der Waals surface area contributed by atoms with Crippen LogP contribution in [0.1, 0.15) is 69.7 Å². The van der Waals surface area contributed by atoms with E-state index in [-0.39, 0.29) is 21.6 Å². The van der Waals surface area contributed by atoms with Gasteiger partial charge in [-0.25, -0.2) is 12.8 Å². The van der Waals surface area contributed by atoms with Crippen LogP contribution in [0.15, 0.2) is 53.4 Å². The minimum absolute atomic E-state index is 0.0112. The van der Waals surface area contributed by atoms with Gasteiger partial charge in [0.25, 0.3) is 5.91 Å². The van der Waals surface area contributed by atoms with E-state index in [1.165, 1.54) is 36.8 Å². The maximum absolute atomic E-state index is 14.1. The lowest BCUT2D eigenvalue weighted by atomic mass is 9.84. The molecule has 2 amide bonds. The molecule has 2 N–H and O–H groups in total. The van der Waals surface area contributed by atoms with Crippen LogP contribution in [0.4, 0.5) is 10.1 Å². The fraction of sp³-hybridized carbons (Fsp3) is 0.481. The summed E-state index contributed by atoms with van der Waals surface area (Å²) in [6.07, 6.45) is 5.78. The lowest BCUT2D eigenvalue weighted by molar-refractivity contribution is -0.118. The summed E-state index contributed by atoms with van der Waals surface area (Å²) in [5.74, 6) is -1.38. The van der Waals surface area contributed by atoms with Crippen molar-refractivity contribution in [3.63, 3.8) is 0 Å². The van der Waals surface area contributed by atoms with Crippen LogP contribution in [-0.4, -0.2) is 32.0 Å². The van der Waals surface area contributed by atoms with Crippen molar-refractivity contribution in [2.45, 2.75) is 70.2 Å². The van der Waals surface area contributed by atoms with Gasteiger partial charge in [-0.1, -0.05) is 65.0 Å². The molecule has 1 fully saturated rings. The molecular weight excluding hydrogens is 467 g/mol. The van der Waals surface area contributed by atoms with Gasteiger partial charge in [-0.3, -0.25) is 9.59 Å². The van der Waals surface area contributed by atoms with Gasteiger partial charge in [0.2, 0.25) is 5.91 Å². The molecule has 0 bridgehead atoms. The van der Waals surface area contributed by atoms with Crippen molar-refractivity contribution in [2.75, 3.05) is 11.1 Å². The van der Waals surface area contributed by atoms with Gasteiger partial charge in [0.05, 0.1) is 16.2 Å². The van der Waals surface area contributed by atoms with Crippen LogP contribution in [0.5, 0.6) is 0 Å². The van der Waals surface area contributed by atoms with Crippen molar-refractivity contribution >= 4 is 27.3 Å². The Morgan fingerprint density at radius 1 is 1.00 bits per heavy atom. The number of nitrogens with one attached hydrogen (secondary N) is 2. The maximum Gasteiger partial charge on any atom is 0.254 e. The molecule has 0 spiro atoms. The molecule has 0 unspecified atom stereocenters. The van der Waals surface area contributed by atoms with Crippen molar-refractivity contribution in [1.82, 2.24) is 5.32 Å². The smallest absolute Gasteiger partial charge is 0.254 e. The molecule has 0 radical (unpaired) electrons. The van der Waals surface area contributed by atoms with E-state index in [1.54, 1.807) is 18.2 Å². The van der Waals surface area contributed by atoms with Gasteiger partial charge in [-0.05, 0) is 54.2 Å². The van der Waals surface area contributed by atoms with Crippen molar-refractivity contribution in [3.05, 3.63) is 59.9 Å². The van der Waals surface area contributed by atoms with E-state index in [9.17, 15) is 22.4 Å². The van der Waals surface area contributed by atoms with Gasteiger partial charge in [0.1, 0.15) is 11.9 Å². The Bertz CT molecular complexity index is 1130. The van der Waals surface area contributed by atoms with Crippen LogP contribution in [-0.2, 0) is 14.6 Å². The summed E-state index contributed by atoms with van der Waals surface area (Å²) < 4.78 is 39.4. The number of carbonyl (C=O) groups excluding carboxylic acids is 2. The molecule has 2 aromatic carbocycles. The van der Waals surface area contributed by atoms with Crippen LogP contribution < -0.4 is 10.6 Å². The number of halogens is 1. The molecule has 0 aliphatic heterocycles. The summed E-state index contributed by atoms with van der Waals surface area (Å²) in [5.41, 5.74) is -0.0602. The molecule has 3 rings (SSSR count). The van der Waals surface area contributed by atoms with Crippen LogP contribution >= 0.6 is 0 Å². The minimum atomic E-state index is -3.45. The number of sulfone groups is 1. The number of carbonyl (C=O) groups is 2. The Morgan fingerprint density at radius 3 is 2.23 bits per heavy atom. The van der Waals surface area contributed by atoms with E-state index in [1.807, 2.05) is 20.8 Å². The van der Waals surface area contributed by atoms with Crippen molar-refractivity contribution in [3.8, 4) is 0 Å². The topological polar surface area (TPSA) is 92.3 Å². The summed E-state index contributed by atoms with van der Waals surface area (Å²) in [6, 6.07) is 10.9. The summed E-state index contributed by atoms with van der Waals surface area (Å²) in [5, 5.41) is 5.50. The fourth-order valence-electron chi connectivity index (χ4n) is 4.50. The zero-order valence-corrected chi connectivity index (χ0v) is 21.5. The lowest BCUT2D eigenvalue weighted by Gasteiger charge is -2.26. The molecule has 2 aromatic rings. The first kappa shape index (κ1) is 26.9. The third kappa shape index (κ3) is 7.88. The molecule has 0 heterocycles. The van der Waals surface area contributed by atoms with E-state index in [2.05, 4.69) is 10.6 Å². The highest BCUT2D eigenvalue weighted by atomic mass is 32.2. The molecule has 6 nitrogen and oxygen atoms in total. The Balaban J connectivity index is 1.74. The summed E-state index contributed by atoms with van der Waals surface area (Å²) >= 11 is 0. The predicted octanol–water partition coefficient (Wildman–Crippen LogP) is 5.35. The second-order valence-electron chi connectivity index (χ2n) is 10.6. The zero-order valence-electron chi connectivity index (χ0n) is 20.6. The third-order valence-electron chi connectivity index (χ3n) is 6.14. The zero-order chi connectivity index (χ0) is 25.6. The van der Waals surface area contributed by atoms with Gasteiger partial charge in [0, 0.05) is 5.69 Å². The molecule has 8 heteroatoms. The van der Waals surface area contributed by atoms with Crippen LogP contribution in [0.3, 0.4) is 0 Å². The highest BCUT2D eigenvalue weighted by molar-refractivity contribution is 7.91. The van der Waals surface area contributed by atoms with Crippen LogP contribution in [0, 0.1) is 17.2 Å². The van der Waals surface area contributed by atoms with Crippen molar-refractivity contribution < 1.29 is 22.4 Å². The number of anilines is 1. The first-order chi connectivity index (χ1) is 16.4. The number of hydrogen-bond donors (Lipinski definition) is 2. The largest absolute Gasteiger partial charge is 0.340 e. The minimum Gasteiger partial charge on any atom is -0.340 e. The molecule has 1 aliphatic rings. The Kier molecular flexibility index (Phi) is 8.70. The van der Waals surface area contributed by atoms with Crippen LogP contribution in [0.2, 0.25) is 0 Å². The van der Waals surface area contributed by atoms with E-state index in [0.717, 1.165) is 25.7 Å². The van der Waals surface area contributed by atoms with Crippen molar-refractivity contribution in [1.29, 1.82) is 0 Å². The van der Waals surface area contributed by atoms with Crippen LogP contribution in [0.25, 0.3) is 0 Å². The summed E-state index contributed by atoms with van der Waals surface area (Å²) in [6.45, 7) is 5.59. The number of rotatable bonds is 8. The van der Waals surface area contributed by atoms with Gasteiger partial charge >= 0.3 is 0 Å². The standard InChI is InChI=1S/C27H35FN2O4S/c1-27(2,3)18-35(33,34)21-15-13-20(14-16-21)29-26(32)24(17-19-9-5-4-6-10-19)30-25(31)22-11-7-8-12-23(22)28/h7-8,11-16,19,24H,4-6,9-10,17-18H2,1-3H3,(H,29,32)(H,30,31)/t24-/m0/s1. The van der Waals surface area contributed by atoms with E-state index >= 15 is 0 Å². The monoisotopic (exact) mass is 502 g/mol. The SMILES string of the molecule is CC(C)(C)CS(=O)(=O)c1ccc(NC(=O)[C@H](CC2CCCCC2)NC(=O)c2ccccc2F)cc1. The highest BCUT2D eigenvalue weighted by Crippen LogP contribution is 2.28. The Hall–Kier alpha value is -2.74. The molecule has 1 aliphatic carbocycles. The average Bonchev–Trinajstić information content (AvgIpc) is 2.78. The van der Waals surface area contributed by atoms with Gasteiger partial charge in [-0.15, -0.1) is 0 Å². The maximum atomic E-state index is 14.1. The first-order valence-electron chi connectivity index (χ1n) is 12.1. The summed E-state index contributed by atoms with van der Waals surface area (Å²) in [7, 11) is -3.45. The van der Waals surface area contributed by atoms with Gasteiger partial charge in [-0.2, -0.15) is 0 Å². The Labute approximate surface area is 207 Å². The number of hydrogen-bond acceptors (Lipinski definition) is 4. The van der Waals surface area contributed by atoms with Crippen molar-refractivity contribution in [2.24, 2.45) is 11.3 Å². The molecule has 0 saturated heterocycles. The molecule has 0 aromatic heterocycles. The van der Waals surface area contributed by atoms with Gasteiger partial charge < -0.3 is 10.6 Å².